The van der Waals surface area contributed by atoms with Crippen molar-refractivity contribution in [2.45, 2.75) is 17.9 Å². The standard InChI is InChI=1S/C24H20BrN3O4S/c1-15-2-8-20(9-3-15)33(31,32)28-14-22(21-10-18(25)11-26-23(21)28)16-4-6-17(7-5-16)24(30)27-12-19(29)13-27/h2-11,14,19,29H,12-13H2,1H3. The van der Waals surface area contributed by atoms with Gasteiger partial charge in [0.05, 0.1) is 11.0 Å². The Balaban J connectivity index is 1.59. The van der Waals surface area contributed by atoms with Gasteiger partial charge in [-0.15, -0.1) is 0 Å². The Labute approximate surface area is 199 Å². The van der Waals surface area contributed by atoms with Crippen molar-refractivity contribution >= 4 is 42.9 Å². The van der Waals surface area contributed by atoms with Crippen LogP contribution >= 0.6 is 15.9 Å². The fourth-order valence-electron chi connectivity index (χ4n) is 3.89. The lowest BCUT2D eigenvalue weighted by Gasteiger charge is -2.35. The molecule has 0 atom stereocenters. The first kappa shape index (κ1) is 21.8. The van der Waals surface area contributed by atoms with Crippen LogP contribution in [-0.4, -0.2) is 52.5 Å². The number of carbonyl (C=O) groups is 1. The molecule has 7 nitrogen and oxygen atoms in total. The zero-order valence-corrected chi connectivity index (χ0v) is 20.0. The molecule has 1 saturated heterocycles. The van der Waals surface area contributed by atoms with E-state index in [1.807, 2.05) is 13.0 Å². The van der Waals surface area contributed by atoms with Crippen LogP contribution in [0.1, 0.15) is 15.9 Å². The van der Waals surface area contributed by atoms with E-state index in [9.17, 15) is 18.3 Å². The molecule has 1 aliphatic heterocycles. The highest BCUT2D eigenvalue weighted by Crippen LogP contribution is 2.34. The van der Waals surface area contributed by atoms with Gasteiger partial charge in [-0.25, -0.2) is 17.4 Å². The normalized spacial score (nSPS) is 14.5. The molecule has 1 amide bonds. The van der Waals surface area contributed by atoms with Crippen LogP contribution in [0.5, 0.6) is 0 Å². The molecule has 9 heteroatoms. The van der Waals surface area contributed by atoms with Crippen LogP contribution < -0.4 is 0 Å². The number of aromatic nitrogens is 2. The monoisotopic (exact) mass is 525 g/mol. The molecule has 168 valence electrons. The van der Waals surface area contributed by atoms with Crippen molar-refractivity contribution in [3.8, 4) is 11.1 Å². The van der Waals surface area contributed by atoms with Crippen molar-refractivity contribution in [3.05, 3.63) is 82.6 Å². The number of β-amino-alcohol motifs (C(OH)–C–C–N with tert-alkyl or cyclic N) is 1. The van der Waals surface area contributed by atoms with Crippen LogP contribution in [0.25, 0.3) is 22.2 Å². The molecule has 0 bridgehead atoms. The van der Waals surface area contributed by atoms with Gasteiger partial charge in [0.25, 0.3) is 15.9 Å². The van der Waals surface area contributed by atoms with Crippen LogP contribution in [0.4, 0.5) is 0 Å². The number of halogens is 1. The van der Waals surface area contributed by atoms with E-state index in [2.05, 4.69) is 20.9 Å². The number of benzene rings is 2. The van der Waals surface area contributed by atoms with Crippen molar-refractivity contribution in [1.82, 2.24) is 13.9 Å². The number of rotatable bonds is 4. The minimum absolute atomic E-state index is 0.138. The summed E-state index contributed by atoms with van der Waals surface area (Å²) in [6.07, 6.45) is 2.68. The summed E-state index contributed by atoms with van der Waals surface area (Å²) >= 11 is 3.43. The molecule has 2 aromatic heterocycles. The van der Waals surface area contributed by atoms with Crippen LogP contribution in [-0.2, 0) is 10.0 Å². The van der Waals surface area contributed by atoms with Crippen LogP contribution in [0, 0.1) is 6.92 Å². The van der Waals surface area contributed by atoms with Crippen molar-refractivity contribution in [2.24, 2.45) is 0 Å². The molecule has 1 fully saturated rings. The van der Waals surface area contributed by atoms with E-state index in [0.29, 0.717) is 35.2 Å². The first-order valence-corrected chi connectivity index (χ1v) is 12.5. The van der Waals surface area contributed by atoms with Crippen molar-refractivity contribution in [2.75, 3.05) is 13.1 Å². The summed E-state index contributed by atoms with van der Waals surface area (Å²) in [5, 5.41) is 10.1. The smallest absolute Gasteiger partial charge is 0.269 e. The molecule has 33 heavy (non-hydrogen) atoms. The van der Waals surface area contributed by atoms with Crippen molar-refractivity contribution < 1.29 is 18.3 Å². The Hall–Kier alpha value is -3.01. The number of hydrogen-bond donors (Lipinski definition) is 1. The molecule has 0 spiro atoms. The summed E-state index contributed by atoms with van der Waals surface area (Å²) in [6.45, 7) is 2.58. The summed E-state index contributed by atoms with van der Waals surface area (Å²) in [5.74, 6) is -0.138. The van der Waals surface area contributed by atoms with Crippen molar-refractivity contribution in [1.29, 1.82) is 0 Å². The second-order valence-electron chi connectivity index (χ2n) is 8.12. The molecule has 0 unspecified atom stereocenters. The van der Waals surface area contributed by atoms with Gasteiger partial charge in [-0.05, 0) is 58.7 Å². The highest BCUT2D eigenvalue weighted by atomic mass is 79.9. The Bertz CT molecular complexity index is 1470. The Morgan fingerprint density at radius 1 is 1.09 bits per heavy atom. The average Bonchev–Trinajstić information content (AvgIpc) is 3.16. The van der Waals surface area contributed by atoms with E-state index in [0.717, 1.165) is 15.6 Å². The fourth-order valence-corrected chi connectivity index (χ4v) is 5.54. The maximum Gasteiger partial charge on any atom is 0.269 e. The van der Waals surface area contributed by atoms with E-state index < -0.39 is 16.1 Å². The SMILES string of the molecule is Cc1ccc(S(=O)(=O)n2cc(-c3ccc(C(=O)N4CC(O)C4)cc3)c3cc(Br)cnc32)cc1. The largest absolute Gasteiger partial charge is 0.389 e. The third kappa shape index (κ3) is 3.86. The van der Waals surface area contributed by atoms with Crippen LogP contribution in [0.3, 0.4) is 0 Å². The minimum Gasteiger partial charge on any atom is -0.389 e. The Morgan fingerprint density at radius 3 is 2.39 bits per heavy atom. The Morgan fingerprint density at radius 2 is 1.76 bits per heavy atom. The first-order chi connectivity index (χ1) is 15.7. The molecule has 5 rings (SSSR count). The topological polar surface area (TPSA) is 92.5 Å². The summed E-state index contributed by atoms with van der Waals surface area (Å²) < 4.78 is 28.8. The van der Waals surface area contributed by atoms with E-state index in [-0.39, 0.29) is 10.8 Å². The average molecular weight is 526 g/mol. The molecule has 0 saturated carbocycles. The summed E-state index contributed by atoms with van der Waals surface area (Å²) in [5.41, 5.74) is 3.26. The zero-order valence-electron chi connectivity index (χ0n) is 17.6. The highest BCUT2D eigenvalue weighted by molar-refractivity contribution is 9.10. The molecule has 0 aliphatic carbocycles. The highest BCUT2D eigenvalue weighted by Gasteiger charge is 2.29. The third-order valence-corrected chi connectivity index (χ3v) is 7.85. The molecule has 1 N–H and O–H groups in total. The molecule has 2 aromatic carbocycles. The predicted octanol–water partition coefficient (Wildman–Crippen LogP) is 3.83. The van der Waals surface area contributed by atoms with Gasteiger partial charge in [0.2, 0.25) is 0 Å². The molecule has 4 aromatic rings. The number of pyridine rings is 1. The Kier molecular flexibility index (Phi) is 5.35. The third-order valence-electron chi connectivity index (χ3n) is 5.75. The minimum atomic E-state index is -3.86. The van der Waals surface area contributed by atoms with Gasteiger partial charge in [0, 0.05) is 46.5 Å². The number of likely N-dealkylation sites (tertiary alicyclic amines) is 1. The van der Waals surface area contributed by atoms with Gasteiger partial charge >= 0.3 is 0 Å². The maximum atomic E-state index is 13.4. The van der Waals surface area contributed by atoms with Crippen molar-refractivity contribution in [3.63, 3.8) is 0 Å². The van der Waals surface area contributed by atoms with E-state index in [4.69, 9.17) is 0 Å². The van der Waals surface area contributed by atoms with E-state index in [1.54, 1.807) is 65.8 Å². The summed E-state index contributed by atoms with van der Waals surface area (Å²) in [7, 11) is -3.86. The lowest BCUT2D eigenvalue weighted by Crippen LogP contribution is -2.53. The van der Waals surface area contributed by atoms with Gasteiger partial charge in [-0.2, -0.15) is 0 Å². The maximum absolute atomic E-state index is 13.4. The molecule has 0 radical (unpaired) electrons. The van der Waals surface area contributed by atoms with Crippen LogP contribution in [0.15, 0.2) is 76.4 Å². The zero-order chi connectivity index (χ0) is 23.3. The molecular formula is C24H20BrN3O4S. The van der Waals surface area contributed by atoms with Gasteiger partial charge in [0.15, 0.2) is 5.65 Å². The first-order valence-electron chi connectivity index (χ1n) is 10.3. The molecular weight excluding hydrogens is 506 g/mol. The second-order valence-corrected chi connectivity index (χ2v) is 10.9. The molecule has 1 aliphatic rings. The number of aliphatic hydroxyl groups is 1. The summed E-state index contributed by atoms with van der Waals surface area (Å²) in [6, 6.07) is 15.5. The van der Waals surface area contributed by atoms with E-state index >= 15 is 0 Å². The van der Waals surface area contributed by atoms with Gasteiger partial charge in [0.1, 0.15) is 0 Å². The van der Waals surface area contributed by atoms with Gasteiger partial charge < -0.3 is 10.0 Å². The second kappa shape index (κ2) is 8.09. The lowest BCUT2D eigenvalue weighted by atomic mass is 10.0. The number of amides is 1. The number of aryl methyl sites for hydroxylation is 1. The summed E-state index contributed by atoms with van der Waals surface area (Å²) in [4.78, 5) is 18.7. The molecule has 3 heterocycles. The van der Waals surface area contributed by atoms with Gasteiger partial charge in [-0.1, -0.05) is 29.8 Å². The predicted molar refractivity (Wildman–Crippen MR) is 129 cm³/mol. The van der Waals surface area contributed by atoms with Crippen LogP contribution in [0.2, 0.25) is 0 Å². The fraction of sp³-hybridized carbons (Fsp3) is 0.167. The number of fused-ring (bicyclic) bond motifs is 1. The number of hydrogen-bond acceptors (Lipinski definition) is 5. The van der Waals surface area contributed by atoms with Gasteiger partial charge in [-0.3, -0.25) is 4.79 Å². The lowest BCUT2D eigenvalue weighted by molar-refractivity contribution is 0.00590. The number of nitrogens with zero attached hydrogens (tertiary/aromatic N) is 3. The number of carbonyl (C=O) groups excluding carboxylic acids is 1. The van der Waals surface area contributed by atoms with E-state index in [1.165, 1.54) is 3.97 Å². The number of aliphatic hydroxyl groups excluding tert-OH is 1. The quantitative estimate of drug-likeness (QED) is 0.437.